The van der Waals surface area contributed by atoms with Gasteiger partial charge in [0.2, 0.25) is 0 Å². The molecule has 34 heavy (non-hydrogen) atoms. The fourth-order valence-electron chi connectivity index (χ4n) is 5.05. The highest BCUT2D eigenvalue weighted by Crippen LogP contribution is 2.50. The van der Waals surface area contributed by atoms with Gasteiger partial charge in [0.1, 0.15) is 11.4 Å². The Morgan fingerprint density at radius 1 is 0.882 bits per heavy atom. The van der Waals surface area contributed by atoms with Crippen molar-refractivity contribution in [2.45, 2.75) is 27.2 Å². The standard InChI is InChI=1S/C29H27N4P/c1-17(2)14-19-12-13-22-24(16-19)30-29(31-27(22)25-15-18(3)32-33-25)23-10-7-9-21-20-8-5-6-11-26(20)34(4)28(21)23/h5-13,15-17H,14H2,1-4H3,(H,32,33). The molecule has 0 bridgehead atoms. The van der Waals surface area contributed by atoms with Gasteiger partial charge in [-0.15, -0.1) is 7.53 Å². The minimum Gasteiger partial charge on any atom is -0.282 e. The van der Waals surface area contributed by atoms with Crippen molar-refractivity contribution < 1.29 is 0 Å². The lowest BCUT2D eigenvalue weighted by Crippen LogP contribution is -1.98. The molecule has 5 heteroatoms. The van der Waals surface area contributed by atoms with Gasteiger partial charge >= 0.3 is 0 Å². The largest absolute Gasteiger partial charge is 0.282 e. The van der Waals surface area contributed by atoms with Crippen molar-refractivity contribution in [2.24, 2.45) is 12.6 Å². The van der Waals surface area contributed by atoms with E-state index in [0.29, 0.717) is 5.92 Å². The summed E-state index contributed by atoms with van der Waals surface area (Å²) in [6, 6.07) is 24.0. The zero-order valence-electron chi connectivity index (χ0n) is 19.9. The van der Waals surface area contributed by atoms with E-state index in [0.717, 1.165) is 45.8 Å². The van der Waals surface area contributed by atoms with Gasteiger partial charge in [0.15, 0.2) is 5.82 Å². The number of hydrogen-bond donors (Lipinski definition) is 1. The lowest BCUT2D eigenvalue weighted by Gasteiger charge is -2.11. The lowest BCUT2D eigenvalue weighted by molar-refractivity contribution is 0.647. The first-order chi connectivity index (χ1) is 16.5. The van der Waals surface area contributed by atoms with E-state index in [1.54, 1.807) is 0 Å². The van der Waals surface area contributed by atoms with Gasteiger partial charge in [-0.2, -0.15) is 5.10 Å². The highest BCUT2D eigenvalue weighted by Gasteiger charge is 2.18. The van der Waals surface area contributed by atoms with E-state index >= 15 is 0 Å². The van der Waals surface area contributed by atoms with Gasteiger partial charge in [0.25, 0.3) is 0 Å². The quantitative estimate of drug-likeness (QED) is 0.288. The summed E-state index contributed by atoms with van der Waals surface area (Å²) < 4.78 is 0. The van der Waals surface area contributed by atoms with E-state index in [1.165, 1.54) is 26.6 Å². The molecule has 3 aromatic carbocycles. The number of benzene rings is 3. The Kier molecular flexibility index (Phi) is 5.00. The number of aryl methyl sites for hydroxylation is 2. The first-order valence-electron chi connectivity index (χ1n) is 11.8. The zero-order valence-corrected chi connectivity index (χ0v) is 20.8. The van der Waals surface area contributed by atoms with Gasteiger partial charge in [0, 0.05) is 26.9 Å². The van der Waals surface area contributed by atoms with E-state index in [-0.39, 0.29) is 0 Å². The third kappa shape index (κ3) is 3.41. The Morgan fingerprint density at radius 2 is 1.71 bits per heavy atom. The van der Waals surface area contributed by atoms with E-state index in [1.807, 2.05) is 6.92 Å². The molecular weight excluding hydrogens is 435 g/mol. The fraction of sp³-hybridized carbons (Fsp3) is 0.207. The van der Waals surface area contributed by atoms with Crippen molar-refractivity contribution in [2.75, 3.05) is 0 Å². The van der Waals surface area contributed by atoms with Crippen molar-refractivity contribution in [1.82, 2.24) is 20.2 Å². The predicted molar refractivity (Wildman–Crippen MR) is 145 cm³/mol. The van der Waals surface area contributed by atoms with Crippen LogP contribution in [0.1, 0.15) is 25.1 Å². The summed E-state index contributed by atoms with van der Waals surface area (Å²) >= 11 is 0. The lowest BCUT2D eigenvalue weighted by atomic mass is 10.0. The average Bonchev–Trinajstić information content (AvgIpc) is 3.39. The second-order valence-electron chi connectivity index (χ2n) is 9.56. The summed E-state index contributed by atoms with van der Waals surface area (Å²) in [6.07, 6.45) is 1.03. The van der Waals surface area contributed by atoms with E-state index in [9.17, 15) is 0 Å². The molecule has 0 saturated heterocycles. The molecule has 0 fully saturated rings. The number of aromatic amines is 1. The Labute approximate surface area is 200 Å². The molecule has 6 rings (SSSR count). The fourth-order valence-corrected chi connectivity index (χ4v) is 7.24. The Bertz CT molecular complexity index is 1690. The maximum absolute atomic E-state index is 5.14. The number of fused-ring (bicyclic) bond motifs is 4. The maximum Gasteiger partial charge on any atom is 0.161 e. The smallest absolute Gasteiger partial charge is 0.161 e. The van der Waals surface area contributed by atoms with Crippen LogP contribution in [0.2, 0.25) is 0 Å². The first-order valence-corrected chi connectivity index (χ1v) is 13.6. The second kappa shape index (κ2) is 8.07. The molecule has 0 amide bonds. The second-order valence-corrected chi connectivity index (χ2v) is 11.6. The molecule has 1 N–H and O–H groups in total. The van der Waals surface area contributed by atoms with Crippen molar-refractivity contribution in [1.29, 1.82) is 0 Å². The van der Waals surface area contributed by atoms with Crippen molar-refractivity contribution >= 4 is 39.4 Å². The molecule has 1 atom stereocenters. The molecule has 0 spiro atoms. The van der Waals surface area contributed by atoms with Crippen molar-refractivity contribution in [3.05, 3.63) is 78.0 Å². The van der Waals surface area contributed by atoms with Gasteiger partial charge in [-0.1, -0.05) is 68.4 Å². The monoisotopic (exact) mass is 462 g/mol. The number of nitrogens with zero attached hydrogens (tertiary/aromatic N) is 3. The van der Waals surface area contributed by atoms with Gasteiger partial charge in [0.05, 0.1) is 5.52 Å². The van der Waals surface area contributed by atoms with Gasteiger partial charge < -0.3 is 0 Å². The van der Waals surface area contributed by atoms with Crippen LogP contribution in [-0.2, 0) is 13.1 Å². The molecule has 0 aliphatic carbocycles. The van der Waals surface area contributed by atoms with E-state index in [2.05, 4.69) is 97.4 Å². The molecule has 4 nitrogen and oxygen atoms in total. The van der Waals surface area contributed by atoms with Crippen LogP contribution >= 0.6 is 7.53 Å². The number of hydrogen-bond acceptors (Lipinski definition) is 3. The SMILES string of the molecule is Cc1cc(-c2nc(-c3cccc4c5ccccc5p(C)c34)nc3cc(CC(C)C)ccc23)n[nH]1. The zero-order chi connectivity index (χ0) is 23.4. The van der Waals surface area contributed by atoms with Crippen LogP contribution in [0.4, 0.5) is 0 Å². The predicted octanol–water partition coefficient (Wildman–Crippen LogP) is 8.02. The summed E-state index contributed by atoms with van der Waals surface area (Å²) in [5.74, 6) is 1.37. The summed E-state index contributed by atoms with van der Waals surface area (Å²) in [5, 5.41) is 14.1. The van der Waals surface area contributed by atoms with Crippen LogP contribution in [-0.4, -0.2) is 20.2 Å². The normalized spacial score (nSPS) is 12.4. The molecule has 0 radical (unpaired) electrons. The molecule has 3 heterocycles. The van der Waals surface area contributed by atoms with Crippen LogP contribution < -0.4 is 0 Å². The number of H-pyrrole nitrogens is 1. The molecular formula is C29H27N4P. The van der Waals surface area contributed by atoms with E-state index < -0.39 is 7.53 Å². The van der Waals surface area contributed by atoms with Crippen molar-refractivity contribution in [3.8, 4) is 22.8 Å². The Morgan fingerprint density at radius 3 is 2.50 bits per heavy atom. The Balaban J connectivity index is 1.67. The van der Waals surface area contributed by atoms with Crippen molar-refractivity contribution in [3.63, 3.8) is 0 Å². The Hall–Kier alpha value is -3.49. The molecule has 0 aliphatic heterocycles. The third-order valence-electron chi connectivity index (χ3n) is 6.52. The van der Waals surface area contributed by atoms with E-state index in [4.69, 9.17) is 9.97 Å². The summed E-state index contributed by atoms with van der Waals surface area (Å²) in [4.78, 5) is 10.3. The minimum absolute atomic E-state index is 0.464. The third-order valence-corrected chi connectivity index (χ3v) is 8.79. The average molecular weight is 463 g/mol. The molecule has 0 aliphatic rings. The molecule has 6 aromatic rings. The topological polar surface area (TPSA) is 54.5 Å². The van der Waals surface area contributed by atoms with Crippen LogP contribution in [0.15, 0.2) is 66.7 Å². The summed E-state index contributed by atoms with van der Waals surface area (Å²) in [6.45, 7) is 8.88. The summed E-state index contributed by atoms with van der Waals surface area (Å²) in [5.41, 5.74) is 6.18. The first kappa shape index (κ1) is 21.1. The molecule has 0 saturated carbocycles. The highest BCUT2D eigenvalue weighted by molar-refractivity contribution is 7.60. The van der Waals surface area contributed by atoms with Crippen LogP contribution in [0, 0.1) is 12.8 Å². The number of aromatic nitrogens is 4. The minimum atomic E-state index is -0.464. The maximum atomic E-state index is 5.14. The van der Waals surface area contributed by atoms with Gasteiger partial charge in [-0.05, 0) is 54.4 Å². The molecule has 3 aromatic heterocycles. The van der Waals surface area contributed by atoms with Crippen LogP contribution in [0.3, 0.4) is 0 Å². The number of rotatable bonds is 4. The van der Waals surface area contributed by atoms with Gasteiger partial charge in [-0.25, -0.2) is 9.97 Å². The number of nitrogens with one attached hydrogen (secondary N) is 1. The molecule has 1 unspecified atom stereocenters. The van der Waals surface area contributed by atoms with Crippen LogP contribution in [0.5, 0.6) is 0 Å². The van der Waals surface area contributed by atoms with Gasteiger partial charge in [-0.3, -0.25) is 5.10 Å². The summed E-state index contributed by atoms with van der Waals surface area (Å²) in [7, 11) is -0.464. The van der Waals surface area contributed by atoms with Crippen LogP contribution in [0.25, 0.3) is 54.7 Å². The molecule has 168 valence electrons. The highest BCUT2D eigenvalue weighted by atomic mass is 31.1.